The van der Waals surface area contributed by atoms with Crippen molar-refractivity contribution < 1.29 is 29.0 Å². The molecule has 1 saturated heterocycles. The molecule has 9 nitrogen and oxygen atoms in total. The van der Waals surface area contributed by atoms with Crippen molar-refractivity contribution in [2.45, 2.75) is 26.5 Å². The molecule has 2 amide bonds. The Morgan fingerprint density at radius 2 is 1.85 bits per heavy atom. The normalized spacial score (nSPS) is 17.8. The first-order valence-corrected chi connectivity index (χ1v) is 15.3. The molecule has 2 heterocycles. The number of aliphatic hydroxyl groups is 1. The van der Waals surface area contributed by atoms with Crippen molar-refractivity contribution in [1.29, 1.82) is 0 Å². The second-order valence-electron chi connectivity index (χ2n) is 8.00. The van der Waals surface area contributed by atoms with Gasteiger partial charge in [0.1, 0.15) is 29.5 Å². The lowest BCUT2D eigenvalue weighted by atomic mass is 10.1. The Bertz CT molecular complexity index is 1360. The SMILES string of the molecule is CC(O)=C(C(=O)OCC(Cl)(Cl)Cl)N1C(=O)C(NC(=O)COc2ccccc2)C1SSc1nc2ccccc2s1. The number of thiazole rings is 1. The van der Waals surface area contributed by atoms with E-state index in [1.54, 1.807) is 24.3 Å². The molecule has 39 heavy (non-hydrogen) atoms. The average Bonchev–Trinajstić information content (AvgIpc) is 3.32. The average molecular weight is 649 g/mol. The van der Waals surface area contributed by atoms with Crippen LogP contribution in [0.4, 0.5) is 0 Å². The van der Waals surface area contributed by atoms with Crippen LogP contribution in [0.2, 0.25) is 0 Å². The highest BCUT2D eigenvalue weighted by molar-refractivity contribution is 8.77. The molecule has 1 fully saturated rings. The second kappa shape index (κ2) is 12.9. The van der Waals surface area contributed by atoms with Crippen LogP contribution in [-0.2, 0) is 19.1 Å². The summed E-state index contributed by atoms with van der Waals surface area (Å²) in [4.78, 5) is 44.2. The fourth-order valence-corrected chi connectivity index (χ4v) is 7.51. The number of aliphatic hydroxyl groups excluding tert-OH is 1. The van der Waals surface area contributed by atoms with Crippen LogP contribution in [-0.4, -0.2) is 61.2 Å². The number of benzene rings is 2. The third-order valence-electron chi connectivity index (χ3n) is 5.11. The van der Waals surface area contributed by atoms with E-state index in [0.717, 1.165) is 15.1 Å². The number of carbonyl (C=O) groups excluding carboxylic acids is 3. The van der Waals surface area contributed by atoms with E-state index in [-0.39, 0.29) is 6.61 Å². The number of halogens is 3. The maximum atomic E-state index is 13.2. The van der Waals surface area contributed by atoms with Crippen LogP contribution in [0.25, 0.3) is 10.2 Å². The highest BCUT2D eigenvalue weighted by Crippen LogP contribution is 2.45. The first kappa shape index (κ1) is 29.6. The minimum Gasteiger partial charge on any atom is -0.510 e. The zero-order chi connectivity index (χ0) is 28.2. The Hall–Kier alpha value is -2.35. The molecule has 4 rings (SSSR count). The number of β-lactam (4-membered cyclic amide) rings is 1. The van der Waals surface area contributed by atoms with Crippen LogP contribution in [0, 0.1) is 0 Å². The lowest BCUT2D eigenvalue weighted by Gasteiger charge is -2.46. The van der Waals surface area contributed by atoms with Gasteiger partial charge < -0.3 is 19.9 Å². The first-order valence-electron chi connectivity index (χ1n) is 11.2. The van der Waals surface area contributed by atoms with E-state index in [4.69, 9.17) is 44.3 Å². The predicted molar refractivity (Wildman–Crippen MR) is 154 cm³/mol. The molecule has 0 radical (unpaired) electrons. The van der Waals surface area contributed by atoms with Crippen LogP contribution in [0.5, 0.6) is 5.75 Å². The number of allylic oxidation sites excluding steroid dienone is 1. The molecule has 3 aromatic rings. The highest BCUT2D eigenvalue weighted by Gasteiger charge is 2.53. The van der Waals surface area contributed by atoms with Gasteiger partial charge in [-0.25, -0.2) is 9.78 Å². The maximum Gasteiger partial charge on any atom is 0.358 e. The van der Waals surface area contributed by atoms with Crippen molar-refractivity contribution in [3.63, 3.8) is 0 Å². The summed E-state index contributed by atoms with van der Waals surface area (Å²) in [5.41, 5.74) is 0.389. The minimum atomic E-state index is -1.89. The van der Waals surface area contributed by atoms with Gasteiger partial charge in [-0.2, -0.15) is 0 Å². The number of nitrogens with one attached hydrogen (secondary N) is 1. The van der Waals surface area contributed by atoms with Crippen LogP contribution >= 0.6 is 67.7 Å². The van der Waals surface area contributed by atoms with Crippen molar-refractivity contribution in [2.24, 2.45) is 0 Å². The fourth-order valence-electron chi connectivity index (χ4n) is 3.43. The quantitative estimate of drug-likeness (QED) is 0.0737. The summed E-state index contributed by atoms with van der Waals surface area (Å²) in [5, 5.41) is 12.1. The van der Waals surface area contributed by atoms with Gasteiger partial charge in [-0.15, -0.1) is 11.3 Å². The molecule has 0 saturated carbocycles. The van der Waals surface area contributed by atoms with Gasteiger partial charge in [0.2, 0.25) is 3.79 Å². The molecule has 2 atom stereocenters. The predicted octanol–water partition coefficient (Wildman–Crippen LogP) is 5.47. The number of likely N-dealkylation sites (tertiary alicyclic amines) is 1. The number of fused-ring (bicyclic) bond motifs is 1. The third kappa shape index (κ3) is 7.65. The van der Waals surface area contributed by atoms with Gasteiger partial charge in [0, 0.05) is 0 Å². The molecular formula is C24H20Cl3N3O6S3. The molecular weight excluding hydrogens is 629 g/mol. The standard InChI is InChI=1S/C24H20Cl3N3O6S3/c1-13(31)19(22(34)36-12-24(25,26)27)30-20(33)18(29-17(32)11-35-14-7-3-2-4-8-14)21(30)38-39-23-28-15-9-5-6-10-16(15)37-23/h2-10,18,21,31H,11-12H2,1H3,(H,29,32). The van der Waals surface area contributed by atoms with E-state index in [1.807, 2.05) is 30.3 Å². The fraction of sp³-hybridized carbons (Fsp3) is 0.250. The molecule has 0 spiro atoms. The molecule has 0 bridgehead atoms. The topological polar surface area (TPSA) is 118 Å². The summed E-state index contributed by atoms with van der Waals surface area (Å²) in [7, 11) is 2.44. The maximum absolute atomic E-state index is 13.2. The van der Waals surface area contributed by atoms with Crippen LogP contribution in [0.1, 0.15) is 6.92 Å². The molecule has 2 N–H and O–H groups in total. The number of ether oxygens (including phenoxy) is 2. The third-order valence-corrected chi connectivity index (χ3v) is 9.45. The van der Waals surface area contributed by atoms with Gasteiger partial charge in [0.05, 0.1) is 10.2 Å². The zero-order valence-corrected chi connectivity index (χ0v) is 24.7. The summed E-state index contributed by atoms with van der Waals surface area (Å²) in [6.07, 6.45) is 0. The Kier molecular flexibility index (Phi) is 9.78. The van der Waals surface area contributed by atoms with Crippen LogP contribution in [0.15, 0.2) is 70.4 Å². The number of amides is 2. The van der Waals surface area contributed by atoms with Crippen molar-refractivity contribution in [3.05, 3.63) is 66.1 Å². The Balaban J connectivity index is 1.51. The van der Waals surface area contributed by atoms with Gasteiger partial charge in [0.25, 0.3) is 11.8 Å². The van der Waals surface area contributed by atoms with Gasteiger partial charge in [-0.05, 0) is 42.0 Å². The van der Waals surface area contributed by atoms with E-state index < -0.39 is 51.1 Å². The summed E-state index contributed by atoms with van der Waals surface area (Å²) in [5.74, 6) is -2.24. The van der Waals surface area contributed by atoms with Gasteiger partial charge in [-0.3, -0.25) is 14.5 Å². The van der Waals surface area contributed by atoms with E-state index in [9.17, 15) is 19.5 Å². The smallest absolute Gasteiger partial charge is 0.358 e. The van der Waals surface area contributed by atoms with Crippen molar-refractivity contribution in [1.82, 2.24) is 15.2 Å². The number of para-hydroxylation sites is 2. The van der Waals surface area contributed by atoms with Gasteiger partial charge >= 0.3 is 5.97 Å². The van der Waals surface area contributed by atoms with Crippen molar-refractivity contribution in [3.8, 4) is 5.75 Å². The molecule has 2 unspecified atom stereocenters. The summed E-state index contributed by atoms with van der Waals surface area (Å²) in [6, 6.07) is 15.3. The molecule has 15 heteroatoms. The van der Waals surface area contributed by atoms with Gasteiger partial charge in [0.15, 0.2) is 16.6 Å². The van der Waals surface area contributed by atoms with Crippen LogP contribution < -0.4 is 10.1 Å². The second-order valence-corrected chi connectivity index (χ2v) is 14.1. The largest absolute Gasteiger partial charge is 0.510 e. The lowest BCUT2D eigenvalue weighted by Crippen LogP contribution is -2.69. The monoisotopic (exact) mass is 647 g/mol. The van der Waals surface area contributed by atoms with Crippen molar-refractivity contribution in [2.75, 3.05) is 13.2 Å². The molecule has 1 aliphatic rings. The van der Waals surface area contributed by atoms with Gasteiger partial charge in [-0.1, -0.05) is 75.9 Å². The minimum absolute atomic E-state index is 0.330. The van der Waals surface area contributed by atoms with Crippen LogP contribution in [0.3, 0.4) is 0 Å². The summed E-state index contributed by atoms with van der Waals surface area (Å²) < 4.78 is 10.3. The number of hydrogen-bond donors (Lipinski definition) is 2. The zero-order valence-electron chi connectivity index (χ0n) is 20.0. The van der Waals surface area contributed by atoms with E-state index in [0.29, 0.717) is 10.1 Å². The van der Waals surface area contributed by atoms with E-state index in [2.05, 4.69) is 10.3 Å². The number of rotatable bonds is 10. The lowest BCUT2D eigenvalue weighted by molar-refractivity contribution is -0.153. The Labute approximate surface area is 250 Å². The highest BCUT2D eigenvalue weighted by atomic mass is 35.6. The van der Waals surface area contributed by atoms with Crippen molar-refractivity contribution >= 4 is 95.7 Å². The molecule has 206 valence electrons. The number of carbonyl (C=O) groups is 3. The Morgan fingerprint density at radius 1 is 1.15 bits per heavy atom. The molecule has 0 aliphatic carbocycles. The Morgan fingerprint density at radius 3 is 2.51 bits per heavy atom. The number of aromatic nitrogens is 1. The number of nitrogens with zero attached hydrogens (tertiary/aromatic N) is 2. The van der Waals surface area contributed by atoms with E-state index in [1.165, 1.54) is 39.8 Å². The molecule has 1 aromatic heterocycles. The molecule has 2 aromatic carbocycles. The number of alkyl halides is 3. The molecule has 1 aliphatic heterocycles. The summed E-state index contributed by atoms with van der Waals surface area (Å²) >= 11 is 18.5. The summed E-state index contributed by atoms with van der Waals surface area (Å²) in [6.45, 7) is 0.287. The first-order chi connectivity index (χ1) is 18.5. The number of esters is 1. The number of hydrogen-bond acceptors (Lipinski definition) is 10. The van der Waals surface area contributed by atoms with E-state index >= 15 is 0 Å².